The summed E-state index contributed by atoms with van der Waals surface area (Å²) in [4.78, 5) is 0. The van der Waals surface area contributed by atoms with Gasteiger partial charge < -0.3 is 4.74 Å². The van der Waals surface area contributed by atoms with Crippen molar-refractivity contribution in [2.45, 2.75) is 19.4 Å². The van der Waals surface area contributed by atoms with Gasteiger partial charge in [0.25, 0.3) is 0 Å². The first kappa shape index (κ1) is 13.5. The second-order valence-electron chi connectivity index (χ2n) is 4.16. The maximum Gasteiger partial charge on any atom is 0.131 e. The van der Waals surface area contributed by atoms with Crippen molar-refractivity contribution in [3.8, 4) is 11.1 Å². The molecule has 0 aliphatic rings. The van der Waals surface area contributed by atoms with E-state index in [0.29, 0.717) is 0 Å². The fourth-order valence-electron chi connectivity index (χ4n) is 1.84. The largest absolute Gasteiger partial charge is 0.385 e. The van der Waals surface area contributed by atoms with Crippen molar-refractivity contribution in [2.75, 3.05) is 13.7 Å². The van der Waals surface area contributed by atoms with Gasteiger partial charge in [-0.15, -0.1) is 0 Å². The lowest BCUT2D eigenvalue weighted by atomic mass is 10.1. The highest BCUT2D eigenvalue weighted by Crippen LogP contribution is 2.23. The van der Waals surface area contributed by atoms with Crippen molar-refractivity contribution in [1.82, 2.24) is 9.78 Å². The van der Waals surface area contributed by atoms with Gasteiger partial charge in [0.15, 0.2) is 0 Å². The topological polar surface area (TPSA) is 27.1 Å². The molecule has 0 aliphatic heterocycles. The lowest BCUT2D eigenvalue weighted by Gasteiger charge is -2.00. The number of halogens is 1. The Morgan fingerprint density at radius 3 is 2.72 bits per heavy atom. The fraction of sp³-hybridized carbons (Fsp3) is 0.357. The number of aryl methyl sites for hydroxylation is 1. The second-order valence-corrected chi connectivity index (χ2v) is 5.18. The summed E-state index contributed by atoms with van der Waals surface area (Å²) < 4.78 is 8.14. The van der Waals surface area contributed by atoms with Crippen molar-refractivity contribution in [3.05, 3.63) is 40.2 Å². The van der Waals surface area contributed by atoms with Gasteiger partial charge in [0.2, 0.25) is 0 Å². The molecule has 2 aromatic rings. The summed E-state index contributed by atoms with van der Waals surface area (Å²) in [6.07, 6.45) is 4.30. The Labute approximate surface area is 121 Å². The monoisotopic (exact) mass is 356 g/mol. The van der Waals surface area contributed by atoms with E-state index >= 15 is 0 Å². The van der Waals surface area contributed by atoms with E-state index in [0.717, 1.165) is 29.7 Å². The molecule has 0 radical (unpaired) electrons. The molecule has 0 unspecified atom stereocenters. The van der Waals surface area contributed by atoms with Crippen LogP contribution in [0.15, 0.2) is 36.5 Å². The number of ether oxygens (including phenoxy) is 1. The van der Waals surface area contributed by atoms with Crippen molar-refractivity contribution in [2.24, 2.45) is 0 Å². The average Bonchev–Trinajstić information content (AvgIpc) is 2.77. The number of rotatable bonds is 6. The van der Waals surface area contributed by atoms with Crippen molar-refractivity contribution < 1.29 is 4.74 Å². The zero-order chi connectivity index (χ0) is 12.8. The summed E-state index contributed by atoms with van der Waals surface area (Å²) >= 11 is 2.30. The number of hydrogen-bond acceptors (Lipinski definition) is 2. The number of unbranched alkanes of at least 4 members (excludes halogenated alkanes) is 1. The standard InChI is InChI=1S/C14H17IN2O/c1-18-10-6-5-9-17-11-13(14(15)16-17)12-7-3-2-4-8-12/h2-4,7-8,11H,5-6,9-10H2,1H3. The van der Waals surface area contributed by atoms with Crippen LogP contribution in [0.4, 0.5) is 0 Å². The third-order valence-electron chi connectivity index (χ3n) is 2.79. The number of aromatic nitrogens is 2. The van der Waals surface area contributed by atoms with Gasteiger partial charge in [0, 0.05) is 32.0 Å². The van der Waals surface area contributed by atoms with Gasteiger partial charge in [-0.05, 0) is 41.0 Å². The van der Waals surface area contributed by atoms with Crippen LogP contribution in [0, 0.1) is 3.70 Å². The smallest absolute Gasteiger partial charge is 0.131 e. The Morgan fingerprint density at radius 2 is 2.00 bits per heavy atom. The number of nitrogens with zero attached hydrogens (tertiary/aromatic N) is 2. The summed E-state index contributed by atoms with van der Waals surface area (Å²) in [7, 11) is 1.74. The molecule has 18 heavy (non-hydrogen) atoms. The van der Waals surface area contributed by atoms with Gasteiger partial charge in [0.05, 0.1) is 0 Å². The zero-order valence-electron chi connectivity index (χ0n) is 10.5. The Hall–Kier alpha value is -0.880. The molecule has 0 atom stereocenters. The molecule has 0 amide bonds. The molecular formula is C14H17IN2O. The third kappa shape index (κ3) is 3.55. The Bertz CT molecular complexity index is 482. The summed E-state index contributed by atoms with van der Waals surface area (Å²) in [5.74, 6) is 0. The molecule has 0 N–H and O–H groups in total. The van der Waals surface area contributed by atoms with E-state index in [4.69, 9.17) is 4.74 Å². The highest BCUT2D eigenvalue weighted by atomic mass is 127. The van der Waals surface area contributed by atoms with Gasteiger partial charge in [-0.25, -0.2) is 0 Å². The molecule has 0 spiro atoms. The maximum absolute atomic E-state index is 5.05. The predicted octanol–water partition coefficient (Wildman–Crippen LogP) is 3.58. The normalized spacial score (nSPS) is 10.8. The van der Waals surface area contributed by atoms with Gasteiger partial charge in [0.1, 0.15) is 3.70 Å². The van der Waals surface area contributed by atoms with Crippen LogP contribution in [0.5, 0.6) is 0 Å². The van der Waals surface area contributed by atoms with E-state index < -0.39 is 0 Å². The van der Waals surface area contributed by atoms with Crippen LogP contribution < -0.4 is 0 Å². The first-order valence-corrected chi connectivity index (χ1v) is 7.16. The number of hydrogen-bond donors (Lipinski definition) is 0. The van der Waals surface area contributed by atoms with Crippen molar-refractivity contribution >= 4 is 22.6 Å². The molecule has 3 nitrogen and oxygen atoms in total. The Balaban J connectivity index is 2.03. The lowest BCUT2D eigenvalue weighted by molar-refractivity contribution is 0.191. The quantitative estimate of drug-likeness (QED) is 0.584. The first-order chi connectivity index (χ1) is 8.81. The molecule has 0 fully saturated rings. The van der Waals surface area contributed by atoms with Crippen LogP contribution in [0.3, 0.4) is 0 Å². The van der Waals surface area contributed by atoms with E-state index in [1.54, 1.807) is 7.11 Å². The van der Waals surface area contributed by atoms with Gasteiger partial charge >= 0.3 is 0 Å². The van der Waals surface area contributed by atoms with E-state index in [-0.39, 0.29) is 0 Å². The Kier molecular flexibility index (Phi) is 5.19. The number of methoxy groups -OCH3 is 1. The van der Waals surface area contributed by atoms with Crippen molar-refractivity contribution in [3.63, 3.8) is 0 Å². The Morgan fingerprint density at radius 1 is 1.22 bits per heavy atom. The summed E-state index contributed by atoms with van der Waals surface area (Å²) in [6.45, 7) is 1.77. The maximum atomic E-state index is 5.05. The molecule has 2 rings (SSSR count). The highest BCUT2D eigenvalue weighted by Gasteiger charge is 2.07. The molecule has 0 saturated carbocycles. The van der Waals surface area contributed by atoms with Crippen LogP contribution >= 0.6 is 22.6 Å². The first-order valence-electron chi connectivity index (χ1n) is 6.08. The van der Waals surface area contributed by atoms with Crippen LogP contribution in [0.1, 0.15) is 12.8 Å². The molecule has 96 valence electrons. The molecule has 0 saturated heterocycles. The van der Waals surface area contributed by atoms with Gasteiger partial charge in [-0.2, -0.15) is 5.10 Å². The van der Waals surface area contributed by atoms with Crippen LogP contribution in [-0.2, 0) is 11.3 Å². The van der Waals surface area contributed by atoms with Crippen LogP contribution in [-0.4, -0.2) is 23.5 Å². The summed E-state index contributed by atoms with van der Waals surface area (Å²) in [5, 5.41) is 4.55. The van der Waals surface area contributed by atoms with E-state index in [1.807, 2.05) is 10.7 Å². The SMILES string of the molecule is COCCCCn1cc(-c2ccccc2)c(I)n1. The minimum absolute atomic E-state index is 0.823. The third-order valence-corrected chi connectivity index (χ3v) is 3.58. The van der Waals surface area contributed by atoms with E-state index in [9.17, 15) is 0 Å². The van der Waals surface area contributed by atoms with E-state index in [2.05, 4.69) is 58.2 Å². The van der Waals surface area contributed by atoms with Gasteiger partial charge in [-0.3, -0.25) is 4.68 Å². The zero-order valence-corrected chi connectivity index (χ0v) is 12.6. The number of benzene rings is 1. The minimum Gasteiger partial charge on any atom is -0.385 e. The molecule has 0 aliphatic carbocycles. The van der Waals surface area contributed by atoms with Gasteiger partial charge in [-0.1, -0.05) is 30.3 Å². The minimum atomic E-state index is 0.823. The molecular weight excluding hydrogens is 339 g/mol. The molecule has 1 heterocycles. The van der Waals surface area contributed by atoms with Crippen LogP contribution in [0.25, 0.3) is 11.1 Å². The van der Waals surface area contributed by atoms with E-state index in [1.165, 1.54) is 11.1 Å². The summed E-state index contributed by atoms with van der Waals surface area (Å²) in [6, 6.07) is 10.4. The fourth-order valence-corrected chi connectivity index (χ4v) is 2.57. The molecule has 4 heteroatoms. The lowest BCUT2D eigenvalue weighted by Crippen LogP contribution is -2.00. The second kappa shape index (κ2) is 6.89. The molecule has 1 aromatic carbocycles. The highest BCUT2D eigenvalue weighted by molar-refractivity contribution is 14.1. The molecule has 1 aromatic heterocycles. The average molecular weight is 356 g/mol. The molecule has 0 bridgehead atoms. The summed E-state index contributed by atoms with van der Waals surface area (Å²) in [5.41, 5.74) is 2.44. The predicted molar refractivity (Wildman–Crippen MR) is 81.5 cm³/mol. The van der Waals surface area contributed by atoms with Crippen molar-refractivity contribution in [1.29, 1.82) is 0 Å². The van der Waals surface area contributed by atoms with Crippen LogP contribution in [0.2, 0.25) is 0 Å².